The predicted octanol–water partition coefficient (Wildman–Crippen LogP) is 2.52. The van der Waals surface area contributed by atoms with Gasteiger partial charge in [0.1, 0.15) is 13.2 Å². The average molecular weight is 473 g/mol. The molecule has 4 heterocycles. The molecule has 2 amide bonds. The summed E-state index contributed by atoms with van der Waals surface area (Å²) in [6.45, 7) is 7.93. The quantitative estimate of drug-likeness (QED) is 0.715. The van der Waals surface area contributed by atoms with Crippen LogP contribution < -0.4 is 19.7 Å². The highest BCUT2D eigenvalue weighted by molar-refractivity contribution is 7.13. The molecule has 176 valence electrons. The second kappa shape index (κ2) is 9.28. The van der Waals surface area contributed by atoms with Gasteiger partial charge in [-0.3, -0.25) is 14.5 Å². The molecule has 2 aromatic rings. The van der Waals surface area contributed by atoms with Gasteiger partial charge in [-0.05, 0) is 26.0 Å². The van der Waals surface area contributed by atoms with E-state index in [1.54, 1.807) is 17.0 Å². The predicted molar refractivity (Wildman–Crippen MR) is 124 cm³/mol. The number of benzene rings is 1. The van der Waals surface area contributed by atoms with Crippen molar-refractivity contribution in [1.29, 1.82) is 0 Å². The lowest BCUT2D eigenvalue weighted by Gasteiger charge is -2.34. The zero-order valence-corrected chi connectivity index (χ0v) is 19.6. The number of amides is 2. The van der Waals surface area contributed by atoms with Crippen LogP contribution in [0, 0.1) is 5.92 Å². The molecule has 33 heavy (non-hydrogen) atoms. The van der Waals surface area contributed by atoms with Crippen molar-refractivity contribution in [3.8, 4) is 11.5 Å². The van der Waals surface area contributed by atoms with Crippen LogP contribution in [0.5, 0.6) is 11.5 Å². The van der Waals surface area contributed by atoms with Crippen molar-refractivity contribution in [2.24, 2.45) is 5.92 Å². The lowest BCUT2D eigenvalue weighted by Crippen LogP contribution is -2.44. The largest absolute Gasteiger partial charge is 0.486 e. The van der Waals surface area contributed by atoms with Gasteiger partial charge >= 0.3 is 0 Å². The highest BCUT2D eigenvalue weighted by Crippen LogP contribution is 2.36. The van der Waals surface area contributed by atoms with E-state index in [9.17, 15) is 9.59 Å². The fourth-order valence-electron chi connectivity index (χ4n) is 4.62. The molecule has 3 atom stereocenters. The number of rotatable bonds is 5. The Balaban J connectivity index is 1.18. The summed E-state index contributed by atoms with van der Waals surface area (Å²) in [6, 6.07) is 5.43. The van der Waals surface area contributed by atoms with Crippen molar-refractivity contribution in [3.63, 3.8) is 0 Å². The summed E-state index contributed by atoms with van der Waals surface area (Å²) in [7, 11) is 0. The van der Waals surface area contributed by atoms with Crippen LogP contribution in [0.25, 0.3) is 0 Å². The summed E-state index contributed by atoms with van der Waals surface area (Å²) < 4.78 is 17.0. The van der Waals surface area contributed by atoms with Gasteiger partial charge in [-0.2, -0.15) is 0 Å². The van der Waals surface area contributed by atoms with Crippen LogP contribution in [0.15, 0.2) is 23.6 Å². The van der Waals surface area contributed by atoms with E-state index in [1.807, 2.05) is 11.4 Å². The minimum atomic E-state index is -0.431. The van der Waals surface area contributed by atoms with Crippen LogP contribution in [-0.4, -0.2) is 66.8 Å². The fourth-order valence-corrected chi connectivity index (χ4v) is 5.32. The lowest BCUT2D eigenvalue weighted by atomic mass is 10.1. The number of morpholine rings is 1. The smallest absolute Gasteiger partial charge is 0.231 e. The maximum absolute atomic E-state index is 12.9. The summed E-state index contributed by atoms with van der Waals surface area (Å²) in [5.74, 6) is 0.601. The number of carbonyl (C=O) groups is 2. The number of aromatic nitrogens is 1. The van der Waals surface area contributed by atoms with Gasteiger partial charge in [-0.25, -0.2) is 4.98 Å². The average Bonchev–Trinajstić information content (AvgIpc) is 3.39. The number of carbonyl (C=O) groups excluding carboxylic acids is 2. The molecule has 0 unspecified atom stereocenters. The van der Waals surface area contributed by atoms with Crippen LogP contribution in [0.1, 0.15) is 26.0 Å². The van der Waals surface area contributed by atoms with Crippen molar-refractivity contribution < 1.29 is 23.8 Å². The highest BCUT2D eigenvalue weighted by atomic mass is 32.1. The van der Waals surface area contributed by atoms with Crippen molar-refractivity contribution in [1.82, 2.24) is 9.88 Å². The molecule has 0 spiro atoms. The van der Waals surface area contributed by atoms with Gasteiger partial charge in [0, 0.05) is 49.7 Å². The summed E-state index contributed by atoms with van der Waals surface area (Å²) in [5, 5.41) is 5.44. The van der Waals surface area contributed by atoms with E-state index in [0.29, 0.717) is 42.1 Å². The van der Waals surface area contributed by atoms with E-state index in [-0.39, 0.29) is 30.4 Å². The zero-order valence-electron chi connectivity index (χ0n) is 18.8. The van der Waals surface area contributed by atoms with Gasteiger partial charge < -0.3 is 24.4 Å². The Hall–Kier alpha value is -2.69. The first-order valence-corrected chi connectivity index (χ1v) is 12.2. The zero-order chi connectivity index (χ0) is 22.9. The van der Waals surface area contributed by atoms with E-state index in [0.717, 1.165) is 25.3 Å². The van der Waals surface area contributed by atoms with Gasteiger partial charge in [0.2, 0.25) is 11.8 Å². The molecular weight excluding hydrogens is 444 g/mol. The van der Waals surface area contributed by atoms with Crippen molar-refractivity contribution >= 4 is 34.0 Å². The molecule has 3 aliphatic heterocycles. The molecule has 1 aromatic heterocycles. The van der Waals surface area contributed by atoms with Gasteiger partial charge in [0.15, 0.2) is 16.6 Å². The minimum absolute atomic E-state index is 0.0813. The Morgan fingerprint density at radius 2 is 1.91 bits per heavy atom. The number of fused-ring (bicyclic) bond motifs is 1. The van der Waals surface area contributed by atoms with E-state index >= 15 is 0 Å². The number of anilines is 2. The van der Waals surface area contributed by atoms with Crippen molar-refractivity contribution in [3.05, 3.63) is 29.3 Å². The number of ether oxygens (including phenoxy) is 3. The van der Waals surface area contributed by atoms with Crippen LogP contribution in [0.3, 0.4) is 0 Å². The standard InChI is InChI=1S/C23H28N4O5S/c1-14-9-26(10-15(2)32-14)12-17-13-33-23(24-17)25-22(29)16-7-21(28)27(11-16)18-3-4-19-20(8-18)31-6-5-30-19/h3-4,8,13-16H,5-7,9-12H2,1-2H3,(H,24,25,29)/t14-,15-,16+/m1/s1. The molecule has 0 radical (unpaired) electrons. The van der Waals surface area contributed by atoms with Crippen LogP contribution in [0.4, 0.5) is 10.8 Å². The van der Waals surface area contributed by atoms with E-state index in [4.69, 9.17) is 14.2 Å². The van der Waals surface area contributed by atoms with E-state index in [2.05, 4.69) is 29.0 Å². The summed E-state index contributed by atoms with van der Waals surface area (Å²) in [5.41, 5.74) is 1.64. The van der Waals surface area contributed by atoms with Gasteiger partial charge in [-0.1, -0.05) is 0 Å². The first-order valence-electron chi connectivity index (χ1n) is 11.3. The molecule has 10 heteroatoms. The summed E-state index contributed by atoms with van der Waals surface area (Å²) in [6.07, 6.45) is 0.564. The summed E-state index contributed by atoms with van der Waals surface area (Å²) >= 11 is 1.41. The number of hydrogen-bond donors (Lipinski definition) is 1. The normalized spacial score (nSPS) is 25.3. The van der Waals surface area contributed by atoms with Gasteiger partial charge in [0.25, 0.3) is 0 Å². The maximum Gasteiger partial charge on any atom is 0.231 e. The molecule has 2 fully saturated rings. The SMILES string of the molecule is C[C@@H]1CN(Cc2csc(NC(=O)[C@H]3CC(=O)N(c4ccc5c(c4)OCCO5)C3)n2)C[C@@H](C)O1. The monoisotopic (exact) mass is 472 g/mol. The molecule has 0 saturated carbocycles. The minimum Gasteiger partial charge on any atom is -0.486 e. The second-order valence-corrected chi connectivity index (χ2v) is 9.68. The third-order valence-electron chi connectivity index (χ3n) is 6.00. The van der Waals surface area contributed by atoms with Gasteiger partial charge in [0.05, 0.1) is 23.8 Å². The van der Waals surface area contributed by atoms with E-state index in [1.165, 1.54) is 11.3 Å². The highest BCUT2D eigenvalue weighted by Gasteiger charge is 2.36. The fraction of sp³-hybridized carbons (Fsp3) is 0.522. The van der Waals surface area contributed by atoms with E-state index < -0.39 is 5.92 Å². The molecule has 9 nitrogen and oxygen atoms in total. The molecule has 3 aliphatic rings. The second-order valence-electron chi connectivity index (χ2n) is 8.82. The summed E-state index contributed by atoms with van der Waals surface area (Å²) in [4.78, 5) is 34.0. The van der Waals surface area contributed by atoms with Crippen molar-refractivity contribution in [2.45, 2.75) is 39.0 Å². The molecule has 0 aliphatic carbocycles. The Labute approximate surface area is 196 Å². The number of nitrogens with zero attached hydrogens (tertiary/aromatic N) is 3. The Bertz CT molecular complexity index is 1030. The molecule has 1 N–H and O–H groups in total. The lowest BCUT2D eigenvalue weighted by molar-refractivity contribution is -0.122. The number of thiazole rings is 1. The molecule has 5 rings (SSSR count). The third kappa shape index (κ3) is 4.97. The first kappa shape index (κ1) is 22.1. The number of hydrogen-bond acceptors (Lipinski definition) is 8. The topological polar surface area (TPSA) is 93.2 Å². The Morgan fingerprint density at radius 3 is 2.70 bits per heavy atom. The maximum atomic E-state index is 12.9. The Kier molecular flexibility index (Phi) is 6.22. The molecule has 0 bridgehead atoms. The first-order chi connectivity index (χ1) is 15.9. The molecule has 2 saturated heterocycles. The van der Waals surface area contributed by atoms with Crippen LogP contribution in [-0.2, 0) is 20.9 Å². The van der Waals surface area contributed by atoms with Crippen LogP contribution in [0.2, 0.25) is 0 Å². The molecular formula is C23H28N4O5S. The van der Waals surface area contributed by atoms with Crippen LogP contribution >= 0.6 is 11.3 Å². The van der Waals surface area contributed by atoms with Crippen molar-refractivity contribution in [2.75, 3.05) is 43.1 Å². The Morgan fingerprint density at radius 1 is 1.15 bits per heavy atom. The number of nitrogens with one attached hydrogen (secondary N) is 1. The van der Waals surface area contributed by atoms with Gasteiger partial charge in [-0.15, -0.1) is 11.3 Å². The third-order valence-corrected chi connectivity index (χ3v) is 6.80. The molecule has 1 aromatic carbocycles.